The summed E-state index contributed by atoms with van der Waals surface area (Å²) in [7, 11) is 0.297. The first-order valence-corrected chi connectivity index (χ1v) is 10.1. The summed E-state index contributed by atoms with van der Waals surface area (Å²) < 4.78 is 28.4. The predicted octanol–water partition coefficient (Wildman–Crippen LogP) is 1.63. The van der Waals surface area contributed by atoms with E-state index in [0.29, 0.717) is 6.54 Å². The van der Waals surface area contributed by atoms with Gasteiger partial charge in [0.15, 0.2) is 16.4 Å². The molecule has 0 aliphatic heterocycles. The number of ether oxygens (including phenoxy) is 1. The highest BCUT2D eigenvalue weighted by Gasteiger charge is 2.19. The molecule has 7 nitrogen and oxygen atoms in total. The van der Waals surface area contributed by atoms with Crippen LogP contribution in [0.1, 0.15) is 15.9 Å². The quantitative estimate of drug-likeness (QED) is 0.723. The van der Waals surface area contributed by atoms with Crippen molar-refractivity contribution in [3.63, 3.8) is 0 Å². The number of sulfone groups is 1. The van der Waals surface area contributed by atoms with Crippen LogP contribution in [0.4, 0.5) is 5.69 Å². The van der Waals surface area contributed by atoms with E-state index < -0.39 is 28.3 Å². The molecule has 27 heavy (non-hydrogen) atoms. The lowest BCUT2D eigenvalue weighted by atomic mass is 10.2. The Bertz CT molecular complexity index is 921. The molecule has 1 amide bonds. The van der Waals surface area contributed by atoms with E-state index in [9.17, 15) is 18.0 Å². The Balaban J connectivity index is 1.90. The number of carbonyl (C=O) groups is 2. The second-order valence-corrected chi connectivity index (χ2v) is 8.17. The maximum atomic E-state index is 12.1. The minimum Gasteiger partial charge on any atom is -0.452 e. The summed E-state index contributed by atoms with van der Waals surface area (Å²) in [5.74, 6) is -1.33. The third-order valence-electron chi connectivity index (χ3n) is 3.78. The maximum Gasteiger partial charge on any atom is 0.339 e. The van der Waals surface area contributed by atoms with Gasteiger partial charge in [-0.15, -0.1) is 0 Å². The van der Waals surface area contributed by atoms with Crippen molar-refractivity contribution in [3.8, 4) is 0 Å². The summed E-state index contributed by atoms with van der Waals surface area (Å²) in [6.07, 6.45) is 1.01. The summed E-state index contributed by atoms with van der Waals surface area (Å²) in [5.41, 5.74) is 1.86. The van der Waals surface area contributed by atoms with E-state index in [0.717, 1.165) is 17.5 Å². The predicted molar refractivity (Wildman–Crippen MR) is 102 cm³/mol. The Hall–Kier alpha value is -2.87. The van der Waals surface area contributed by atoms with Crippen LogP contribution in [-0.4, -0.2) is 47.3 Å². The average molecular weight is 390 g/mol. The molecule has 0 fully saturated rings. The van der Waals surface area contributed by atoms with Crippen LogP contribution in [0.15, 0.2) is 53.4 Å². The fraction of sp³-hybridized carbons (Fsp3) is 0.263. The molecule has 0 spiro atoms. The smallest absolute Gasteiger partial charge is 0.339 e. The Kier molecular flexibility index (Phi) is 6.57. The van der Waals surface area contributed by atoms with Crippen molar-refractivity contribution in [2.45, 2.75) is 11.4 Å². The molecular weight excluding hydrogens is 368 g/mol. The number of carbonyl (C=O) groups excluding carboxylic acids is 2. The Morgan fingerprint density at radius 3 is 2.26 bits per heavy atom. The molecule has 0 atom stereocenters. The molecule has 0 aromatic heterocycles. The number of rotatable bonds is 7. The second kappa shape index (κ2) is 8.68. The number of anilines is 1. The van der Waals surface area contributed by atoms with Crippen LogP contribution in [0.2, 0.25) is 0 Å². The fourth-order valence-corrected chi connectivity index (χ4v) is 3.21. The molecule has 0 saturated carbocycles. The zero-order chi connectivity index (χ0) is 20.0. The fourth-order valence-electron chi connectivity index (χ4n) is 2.33. The van der Waals surface area contributed by atoms with Gasteiger partial charge in [-0.25, -0.2) is 13.2 Å². The van der Waals surface area contributed by atoms with Gasteiger partial charge in [0.1, 0.15) is 0 Å². The van der Waals surface area contributed by atoms with Crippen molar-refractivity contribution >= 4 is 27.4 Å². The van der Waals surface area contributed by atoms with Crippen molar-refractivity contribution in [1.29, 1.82) is 0 Å². The van der Waals surface area contributed by atoms with Gasteiger partial charge in [-0.3, -0.25) is 4.79 Å². The Labute approximate surface area is 158 Å². The van der Waals surface area contributed by atoms with Gasteiger partial charge in [0.2, 0.25) is 0 Å². The second-order valence-electron chi connectivity index (χ2n) is 6.18. The van der Waals surface area contributed by atoms with Crippen molar-refractivity contribution in [2.24, 2.45) is 0 Å². The average Bonchev–Trinajstić information content (AvgIpc) is 2.64. The normalized spacial score (nSPS) is 10.9. The number of amides is 1. The van der Waals surface area contributed by atoms with Gasteiger partial charge < -0.3 is 15.0 Å². The topological polar surface area (TPSA) is 92.8 Å². The number of hydrogen-bond acceptors (Lipinski definition) is 6. The lowest BCUT2D eigenvalue weighted by Gasteiger charge is -2.13. The molecule has 8 heteroatoms. The number of nitrogens with one attached hydrogen (secondary N) is 1. The van der Waals surface area contributed by atoms with Gasteiger partial charge in [0.05, 0.1) is 10.5 Å². The number of esters is 1. The highest BCUT2D eigenvalue weighted by Crippen LogP contribution is 2.16. The third-order valence-corrected chi connectivity index (χ3v) is 4.94. The number of benzene rings is 2. The molecule has 2 aromatic rings. The summed E-state index contributed by atoms with van der Waals surface area (Å²) in [5, 5.41) is 2.65. The molecule has 0 heterocycles. The van der Waals surface area contributed by atoms with E-state index in [4.69, 9.17) is 4.74 Å². The van der Waals surface area contributed by atoms with E-state index in [1.807, 2.05) is 43.3 Å². The molecule has 0 unspecified atom stereocenters. The minimum atomic E-state index is -3.58. The molecule has 2 aromatic carbocycles. The molecule has 1 N–H and O–H groups in total. The number of hydrogen-bond donors (Lipinski definition) is 1. The Morgan fingerprint density at radius 2 is 1.67 bits per heavy atom. The van der Waals surface area contributed by atoms with Gasteiger partial charge in [-0.1, -0.05) is 24.3 Å². The zero-order valence-electron chi connectivity index (χ0n) is 15.4. The minimum absolute atomic E-state index is 0.0907. The largest absolute Gasteiger partial charge is 0.452 e. The van der Waals surface area contributed by atoms with Crippen molar-refractivity contribution in [2.75, 3.05) is 31.9 Å². The molecule has 0 aliphatic carbocycles. The standard InChI is InChI=1S/C19H22N2O5S/c1-21(2)15-10-8-14(9-11-15)12-20-18(22)13-26-19(23)16-6-4-5-7-17(16)27(3,24)25/h4-11H,12-13H2,1-3H3,(H,20,22). The molecule has 144 valence electrons. The monoisotopic (exact) mass is 390 g/mol. The third kappa shape index (κ3) is 5.82. The van der Waals surface area contributed by atoms with Crippen LogP contribution in [0.25, 0.3) is 0 Å². The van der Waals surface area contributed by atoms with Crippen LogP contribution in [0.3, 0.4) is 0 Å². The molecule has 0 radical (unpaired) electrons. The van der Waals surface area contributed by atoms with Crippen LogP contribution in [0.5, 0.6) is 0 Å². The van der Waals surface area contributed by atoms with Crippen molar-refractivity contribution in [3.05, 3.63) is 59.7 Å². The van der Waals surface area contributed by atoms with Crippen LogP contribution in [0, 0.1) is 0 Å². The molecule has 2 rings (SSSR count). The summed E-state index contributed by atoms with van der Waals surface area (Å²) in [6.45, 7) is -0.198. The van der Waals surface area contributed by atoms with Crippen molar-refractivity contribution in [1.82, 2.24) is 5.32 Å². The van der Waals surface area contributed by atoms with Crippen molar-refractivity contribution < 1.29 is 22.7 Å². The highest BCUT2D eigenvalue weighted by atomic mass is 32.2. The SMILES string of the molecule is CN(C)c1ccc(CNC(=O)COC(=O)c2ccccc2S(C)(=O)=O)cc1. The van der Waals surface area contributed by atoms with Crippen LogP contribution in [-0.2, 0) is 25.9 Å². The first kappa shape index (κ1) is 20.4. The van der Waals surface area contributed by atoms with E-state index in [1.54, 1.807) is 0 Å². The van der Waals surface area contributed by atoms with E-state index >= 15 is 0 Å². The lowest BCUT2D eigenvalue weighted by Crippen LogP contribution is -2.28. The molecular formula is C19H22N2O5S. The first-order chi connectivity index (χ1) is 12.7. The van der Waals surface area contributed by atoms with Gasteiger partial charge in [-0.2, -0.15) is 0 Å². The maximum absolute atomic E-state index is 12.1. The van der Waals surface area contributed by atoms with E-state index in [2.05, 4.69) is 5.32 Å². The number of nitrogens with zero attached hydrogens (tertiary/aromatic N) is 1. The van der Waals surface area contributed by atoms with Gasteiger partial charge in [0.25, 0.3) is 5.91 Å². The summed E-state index contributed by atoms with van der Waals surface area (Å²) in [6, 6.07) is 13.4. The van der Waals surface area contributed by atoms with E-state index in [1.165, 1.54) is 24.3 Å². The zero-order valence-corrected chi connectivity index (χ0v) is 16.2. The molecule has 0 aliphatic rings. The van der Waals surface area contributed by atoms with Crippen LogP contribution < -0.4 is 10.2 Å². The summed E-state index contributed by atoms with van der Waals surface area (Å²) in [4.78, 5) is 25.9. The molecule has 0 saturated heterocycles. The van der Waals surface area contributed by atoms with Gasteiger partial charge in [0, 0.05) is 32.6 Å². The van der Waals surface area contributed by atoms with Gasteiger partial charge >= 0.3 is 5.97 Å². The Morgan fingerprint density at radius 1 is 1.04 bits per heavy atom. The lowest BCUT2D eigenvalue weighted by molar-refractivity contribution is -0.124. The first-order valence-electron chi connectivity index (χ1n) is 8.17. The highest BCUT2D eigenvalue weighted by molar-refractivity contribution is 7.90. The van der Waals surface area contributed by atoms with E-state index in [-0.39, 0.29) is 10.5 Å². The van der Waals surface area contributed by atoms with Crippen LogP contribution >= 0.6 is 0 Å². The summed E-state index contributed by atoms with van der Waals surface area (Å²) >= 11 is 0. The van der Waals surface area contributed by atoms with Gasteiger partial charge in [-0.05, 0) is 29.8 Å². The molecule has 0 bridgehead atoms.